The quantitative estimate of drug-likeness (QED) is 0.741. The highest BCUT2D eigenvalue weighted by Gasteiger charge is 2.52. The molecule has 0 aromatic carbocycles. The van der Waals surface area contributed by atoms with E-state index in [2.05, 4.69) is 4.98 Å². The van der Waals surface area contributed by atoms with E-state index in [1.54, 1.807) is 27.7 Å². The standard InChI is InChI=1S/C12H22BN3O4S/c1-9-14-10(8-16(9)21(17,18)15(6)7)13-19-11(2,3)12(4,5)20-13/h8H,1-7H3/i1D3,8D. The number of aryl methyl sites for hydroxylation is 1. The Balaban J connectivity index is 2.67. The molecule has 0 atom stereocenters. The van der Waals surface area contributed by atoms with E-state index >= 15 is 0 Å². The molecule has 0 aliphatic carbocycles. The van der Waals surface area contributed by atoms with Gasteiger partial charge >= 0.3 is 17.3 Å². The Morgan fingerprint density at radius 1 is 1.33 bits per heavy atom. The van der Waals surface area contributed by atoms with Gasteiger partial charge in [0.25, 0.3) is 0 Å². The minimum Gasteiger partial charge on any atom is -0.398 e. The maximum absolute atomic E-state index is 12.5. The fourth-order valence-electron chi connectivity index (χ4n) is 1.73. The van der Waals surface area contributed by atoms with Crippen LogP contribution >= 0.6 is 0 Å². The summed E-state index contributed by atoms with van der Waals surface area (Å²) >= 11 is 0. The molecule has 0 radical (unpaired) electrons. The molecule has 1 aliphatic heterocycles. The predicted octanol–water partition coefficient (Wildman–Crippen LogP) is 0.145. The van der Waals surface area contributed by atoms with Gasteiger partial charge in [0.2, 0.25) is 0 Å². The predicted molar refractivity (Wildman–Crippen MR) is 80.7 cm³/mol. The number of hydrogen-bond acceptors (Lipinski definition) is 5. The highest BCUT2D eigenvalue weighted by molar-refractivity contribution is 7.87. The second kappa shape index (κ2) is 4.80. The fourth-order valence-corrected chi connectivity index (χ4v) is 2.53. The molecule has 9 heteroatoms. The summed E-state index contributed by atoms with van der Waals surface area (Å²) in [6.07, 6.45) is -0.599. The van der Waals surface area contributed by atoms with Crippen LogP contribution in [-0.2, 0) is 19.5 Å². The Kier molecular flexibility index (Phi) is 2.66. The smallest absolute Gasteiger partial charge is 0.398 e. The molecular formula is C12H22BN3O4S. The Morgan fingerprint density at radius 3 is 2.29 bits per heavy atom. The van der Waals surface area contributed by atoms with Crippen LogP contribution in [0.3, 0.4) is 0 Å². The second-order valence-corrected chi connectivity index (χ2v) is 8.07. The van der Waals surface area contributed by atoms with Crippen LogP contribution in [0.25, 0.3) is 0 Å². The summed E-state index contributed by atoms with van der Waals surface area (Å²) in [5.41, 5.74) is -1.67. The normalized spacial score (nSPS) is 24.6. The van der Waals surface area contributed by atoms with E-state index in [9.17, 15) is 8.42 Å². The monoisotopic (exact) mass is 319 g/mol. The van der Waals surface area contributed by atoms with E-state index in [0.717, 1.165) is 4.31 Å². The average molecular weight is 319 g/mol. The lowest BCUT2D eigenvalue weighted by Gasteiger charge is -2.32. The van der Waals surface area contributed by atoms with E-state index in [4.69, 9.17) is 14.8 Å². The van der Waals surface area contributed by atoms with Crippen molar-refractivity contribution < 1.29 is 23.2 Å². The zero-order chi connectivity index (χ0) is 19.6. The first-order chi connectivity index (χ1) is 11.0. The van der Waals surface area contributed by atoms with Crippen LogP contribution in [0.1, 0.15) is 39.0 Å². The lowest BCUT2D eigenvalue weighted by molar-refractivity contribution is 0.00578. The van der Waals surface area contributed by atoms with Crippen molar-refractivity contribution in [2.24, 2.45) is 0 Å². The zero-order valence-electron chi connectivity index (χ0n) is 17.0. The molecule has 0 amide bonds. The van der Waals surface area contributed by atoms with Gasteiger partial charge in [0, 0.05) is 24.4 Å². The Labute approximate surface area is 132 Å². The molecule has 1 aliphatic rings. The van der Waals surface area contributed by atoms with Gasteiger partial charge in [-0.3, -0.25) is 0 Å². The van der Waals surface area contributed by atoms with Crippen molar-refractivity contribution in [3.05, 3.63) is 12.0 Å². The molecule has 118 valence electrons. The van der Waals surface area contributed by atoms with Crippen LogP contribution in [0, 0.1) is 6.85 Å². The molecule has 0 spiro atoms. The fraction of sp³-hybridized carbons (Fsp3) is 0.750. The third-order valence-corrected chi connectivity index (χ3v) is 5.45. The lowest BCUT2D eigenvalue weighted by Crippen LogP contribution is -2.41. The third-order valence-electron chi connectivity index (χ3n) is 3.80. The minimum absolute atomic E-state index is 0.185. The molecule has 2 heterocycles. The van der Waals surface area contributed by atoms with Crippen LogP contribution in [0.5, 0.6) is 0 Å². The molecule has 0 saturated carbocycles. The largest absolute Gasteiger partial charge is 0.516 e. The van der Waals surface area contributed by atoms with Gasteiger partial charge in [-0.1, -0.05) is 0 Å². The van der Waals surface area contributed by atoms with Crippen molar-refractivity contribution in [3.8, 4) is 0 Å². The van der Waals surface area contributed by atoms with Crippen LogP contribution in [0.15, 0.2) is 6.17 Å². The molecule has 2 rings (SSSR count). The second-order valence-electron chi connectivity index (χ2n) is 6.08. The molecule has 1 aromatic rings. The maximum atomic E-state index is 12.5. The van der Waals surface area contributed by atoms with E-state index in [-0.39, 0.29) is 5.59 Å². The average Bonchev–Trinajstić information content (AvgIpc) is 2.84. The number of aromatic nitrogens is 2. The first-order valence-electron chi connectivity index (χ1n) is 8.41. The van der Waals surface area contributed by atoms with Crippen LogP contribution in [0.2, 0.25) is 0 Å². The van der Waals surface area contributed by atoms with E-state index in [1.165, 1.54) is 14.1 Å². The van der Waals surface area contributed by atoms with Gasteiger partial charge in [0.05, 0.1) is 18.2 Å². The first-order valence-corrected chi connectivity index (χ1v) is 7.80. The molecule has 0 N–H and O–H groups in total. The molecular weight excluding hydrogens is 293 g/mol. The summed E-state index contributed by atoms with van der Waals surface area (Å²) in [4.78, 5) is 3.90. The molecule has 21 heavy (non-hydrogen) atoms. The molecule has 1 fully saturated rings. The third kappa shape index (κ3) is 2.63. The van der Waals surface area contributed by atoms with Gasteiger partial charge in [-0.15, -0.1) is 0 Å². The molecule has 1 aromatic heterocycles. The van der Waals surface area contributed by atoms with Gasteiger partial charge in [0.1, 0.15) is 5.82 Å². The topological polar surface area (TPSA) is 73.7 Å². The lowest BCUT2D eigenvalue weighted by atomic mass is 9.86. The van der Waals surface area contributed by atoms with Crippen molar-refractivity contribution in [2.75, 3.05) is 14.1 Å². The summed E-state index contributed by atoms with van der Waals surface area (Å²) in [6, 6.07) is 0. The minimum atomic E-state index is -4.26. The summed E-state index contributed by atoms with van der Waals surface area (Å²) < 4.78 is 68.7. The van der Waals surface area contributed by atoms with E-state index < -0.39 is 47.4 Å². The summed E-state index contributed by atoms with van der Waals surface area (Å²) in [6.45, 7) is 4.31. The SMILES string of the molecule is [2H]c1c(B2OC(C)(C)C(C)(C)O2)nc(C([2H])([2H])[2H])n1S(=O)(=O)N(C)C. The number of hydrogen-bond donors (Lipinski definition) is 0. The van der Waals surface area contributed by atoms with Crippen molar-refractivity contribution >= 4 is 22.9 Å². The number of imidazole rings is 1. The van der Waals surface area contributed by atoms with Crippen molar-refractivity contribution in [3.63, 3.8) is 0 Å². The molecule has 0 bridgehead atoms. The molecule has 7 nitrogen and oxygen atoms in total. The van der Waals surface area contributed by atoms with Gasteiger partial charge in [-0.05, 0) is 34.5 Å². The number of rotatable bonds is 3. The molecule has 0 unspecified atom stereocenters. The maximum Gasteiger partial charge on any atom is 0.516 e. The van der Waals surface area contributed by atoms with Crippen molar-refractivity contribution in [1.82, 2.24) is 13.3 Å². The van der Waals surface area contributed by atoms with Crippen molar-refractivity contribution in [1.29, 1.82) is 0 Å². The van der Waals surface area contributed by atoms with Crippen LogP contribution in [-0.4, -0.2) is 54.1 Å². The van der Waals surface area contributed by atoms with Crippen molar-refractivity contribution in [2.45, 2.75) is 45.7 Å². The Bertz CT molecular complexity index is 773. The zero-order valence-corrected chi connectivity index (χ0v) is 13.8. The molecule has 1 saturated heterocycles. The van der Waals surface area contributed by atoms with Crippen LogP contribution in [0.4, 0.5) is 0 Å². The highest BCUT2D eigenvalue weighted by atomic mass is 32.2. The van der Waals surface area contributed by atoms with E-state index in [1.807, 2.05) is 0 Å². The highest BCUT2D eigenvalue weighted by Crippen LogP contribution is 2.36. The van der Waals surface area contributed by atoms with Gasteiger partial charge in [-0.2, -0.15) is 12.7 Å². The number of nitrogens with zero attached hydrogens (tertiary/aromatic N) is 3. The van der Waals surface area contributed by atoms with Gasteiger partial charge in [-0.25, -0.2) is 8.96 Å². The van der Waals surface area contributed by atoms with Gasteiger partial charge in [0.15, 0.2) is 0 Å². The Morgan fingerprint density at radius 2 is 1.86 bits per heavy atom. The Hall–Kier alpha value is -0.895. The summed E-state index contributed by atoms with van der Waals surface area (Å²) in [5.74, 6) is -0.726. The summed E-state index contributed by atoms with van der Waals surface area (Å²) in [5, 5.41) is 0. The van der Waals surface area contributed by atoms with Gasteiger partial charge < -0.3 is 9.31 Å². The summed E-state index contributed by atoms with van der Waals surface area (Å²) in [7, 11) is -2.91. The first kappa shape index (κ1) is 11.6. The van der Waals surface area contributed by atoms with E-state index in [0.29, 0.717) is 3.97 Å². The van der Waals surface area contributed by atoms with Crippen LogP contribution < -0.4 is 5.59 Å².